The highest BCUT2D eigenvalue weighted by Crippen LogP contribution is 2.26. The van der Waals surface area contributed by atoms with Gasteiger partial charge in [0.1, 0.15) is 0 Å². The fourth-order valence-corrected chi connectivity index (χ4v) is 2.61. The molecule has 18 heavy (non-hydrogen) atoms. The fourth-order valence-electron chi connectivity index (χ4n) is 2.61. The molecule has 0 radical (unpaired) electrons. The van der Waals surface area contributed by atoms with Crippen molar-refractivity contribution in [1.82, 2.24) is 9.55 Å². The summed E-state index contributed by atoms with van der Waals surface area (Å²) in [6, 6.07) is 8.99. The molecule has 1 aliphatic heterocycles. The van der Waals surface area contributed by atoms with E-state index in [0.717, 1.165) is 31.5 Å². The van der Waals surface area contributed by atoms with Gasteiger partial charge in [-0.3, -0.25) is 0 Å². The number of aromatic nitrogens is 2. The summed E-state index contributed by atoms with van der Waals surface area (Å²) in [5, 5.41) is 0. The number of aryl methyl sites for hydroxylation is 2. The smallest absolute Gasteiger partial charge is 0.0956 e. The third kappa shape index (κ3) is 1.95. The molecule has 1 unspecified atom stereocenters. The number of nitrogens with two attached hydrogens (primary N) is 1. The zero-order valence-electron chi connectivity index (χ0n) is 10.8. The van der Waals surface area contributed by atoms with Crippen LogP contribution in [-0.2, 0) is 19.4 Å². The van der Waals surface area contributed by atoms with Gasteiger partial charge in [-0.2, -0.15) is 0 Å². The van der Waals surface area contributed by atoms with E-state index in [2.05, 4.69) is 40.7 Å². The number of imidazole rings is 1. The maximum Gasteiger partial charge on any atom is 0.0956 e. The SMILES string of the molecule is CCc1ccc(-c2ncn3c2CC(N)CC3)cc1. The Morgan fingerprint density at radius 3 is 2.83 bits per heavy atom. The van der Waals surface area contributed by atoms with E-state index in [1.165, 1.54) is 16.8 Å². The standard InChI is InChI=1S/C15H19N3/c1-2-11-3-5-12(6-4-11)15-14-9-13(16)7-8-18(14)10-17-15/h3-6,10,13H,2,7-9,16H2,1H3. The number of fused-ring (bicyclic) bond motifs is 1. The van der Waals surface area contributed by atoms with Crippen LogP contribution in [0.3, 0.4) is 0 Å². The van der Waals surface area contributed by atoms with Crippen LogP contribution in [0, 0.1) is 0 Å². The molecule has 3 nitrogen and oxygen atoms in total. The summed E-state index contributed by atoms with van der Waals surface area (Å²) >= 11 is 0. The predicted octanol–water partition coefficient (Wildman–Crippen LogP) is 2.39. The second kappa shape index (κ2) is 4.58. The van der Waals surface area contributed by atoms with Crippen LogP contribution in [0.25, 0.3) is 11.3 Å². The lowest BCUT2D eigenvalue weighted by atomic mass is 10.00. The summed E-state index contributed by atoms with van der Waals surface area (Å²) in [7, 11) is 0. The van der Waals surface area contributed by atoms with Gasteiger partial charge in [0.05, 0.1) is 12.0 Å². The van der Waals surface area contributed by atoms with Gasteiger partial charge in [0.15, 0.2) is 0 Å². The molecule has 94 valence electrons. The number of rotatable bonds is 2. The lowest BCUT2D eigenvalue weighted by Gasteiger charge is -2.21. The Bertz CT molecular complexity index is 539. The van der Waals surface area contributed by atoms with Crippen LogP contribution in [0.5, 0.6) is 0 Å². The van der Waals surface area contributed by atoms with Crippen LogP contribution >= 0.6 is 0 Å². The molecular formula is C15H19N3. The number of benzene rings is 1. The van der Waals surface area contributed by atoms with Gasteiger partial charge < -0.3 is 10.3 Å². The Morgan fingerprint density at radius 2 is 2.11 bits per heavy atom. The van der Waals surface area contributed by atoms with Crippen molar-refractivity contribution in [3.8, 4) is 11.3 Å². The molecule has 2 heterocycles. The molecular weight excluding hydrogens is 222 g/mol. The summed E-state index contributed by atoms with van der Waals surface area (Å²) in [6.07, 6.45) is 5.01. The molecule has 0 saturated heterocycles. The van der Waals surface area contributed by atoms with Gasteiger partial charge in [-0.15, -0.1) is 0 Å². The maximum absolute atomic E-state index is 6.06. The molecule has 0 bridgehead atoms. The second-order valence-corrected chi connectivity index (χ2v) is 5.04. The first-order valence-corrected chi connectivity index (χ1v) is 6.67. The van der Waals surface area contributed by atoms with Gasteiger partial charge in [-0.05, 0) is 18.4 Å². The summed E-state index contributed by atoms with van der Waals surface area (Å²) < 4.78 is 2.24. The maximum atomic E-state index is 6.06. The summed E-state index contributed by atoms with van der Waals surface area (Å²) in [5.41, 5.74) is 11.0. The summed E-state index contributed by atoms with van der Waals surface area (Å²) in [6.45, 7) is 3.17. The molecule has 0 fully saturated rings. The van der Waals surface area contributed by atoms with Crippen molar-refractivity contribution < 1.29 is 0 Å². The normalized spacial score (nSPS) is 18.7. The zero-order chi connectivity index (χ0) is 12.5. The minimum Gasteiger partial charge on any atom is -0.334 e. The highest BCUT2D eigenvalue weighted by Gasteiger charge is 2.20. The van der Waals surface area contributed by atoms with Gasteiger partial charge in [0, 0.05) is 30.3 Å². The monoisotopic (exact) mass is 241 g/mol. The predicted molar refractivity (Wildman–Crippen MR) is 73.3 cm³/mol. The van der Waals surface area contributed by atoms with Gasteiger partial charge in [-0.1, -0.05) is 31.2 Å². The first-order valence-electron chi connectivity index (χ1n) is 6.67. The third-order valence-corrected chi connectivity index (χ3v) is 3.78. The van der Waals surface area contributed by atoms with E-state index in [-0.39, 0.29) is 6.04 Å². The second-order valence-electron chi connectivity index (χ2n) is 5.04. The van der Waals surface area contributed by atoms with Crippen LogP contribution < -0.4 is 5.73 Å². The van der Waals surface area contributed by atoms with Gasteiger partial charge >= 0.3 is 0 Å². The van der Waals surface area contributed by atoms with Crippen molar-refractivity contribution in [1.29, 1.82) is 0 Å². The van der Waals surface area contributed by atoms with E-state index in [1.807, 2.05) is 6.33 Å². The van der Waals surface area contributed by atoms with Crippen LogP contribution in [0.2, 0.25) is 0 Å². The molecule has 1 atom stereocenters. The molecule has 1 aliphatic rings. The van der Waals surface area contributed by atoms with Crippen molar-refractivity contribution in [2.45, 2.75) is 38.8 Å². The number of nitrogens with zero attached hydrogens (tertiary/aromatic N) is 2. The van der Waals surface area contributed by atoms with Crippen LogP contribution in [0.1, 0.15) is 24.6 Å². The Labute approximate surface area is 108 Å². The topological polar surface area (TPSA) is 43.8 Å². The summed E-state index contributed by atoms with van der Waals surface area (Å²) in [4.78, 5) is 4.57. The van der Waals surface area contributed by atoms with Crippen molar-refractivity contribution in [2.24, 2.45) is 5.73 Å². The van der Waals surface area contributed by atoms with Crippen molar-refractivity contribution in [3.05, 3.63) is 41.9 Å². The molecule has 0 spiro atoms. The largest absolute Gasteiger partial charge is 0.334 e. The highest BCUT2D eigenvalue weighted by molar-refractivity contribution is 5.62. The van der Waals surface area contributed by atoms with Gasteiger partial charge in [0.2, 0.25) is 0 Å². The van der Waals surface area contributed by atoms with E-state index in [9.17, 15) is 0 Å². The number of hydrogen-bond donors (Lipinski definition) is 1. The lowest BCUT2D eigenvalue weighted by Crippen LogP contribution is -2.30. The molecule has 3 heteroatoms. The molecule has 1 aromatic carbocycles. The Kier molecular flexibility index (Phi) is 2.92. The van der Waals surface area contributed by atoms with Crippen molar-refractivity contribution in [3.63, 3.8) is 0 Å². The zero-order valence-corrected chi connectivity index (χ0v) is 10.8. The molecule has 0 aliphatic carbocycles. The minimum atomic E-state index is 0.280. The van der Waals surface area contributed by atoms with E-state index in [0.29, 0.717) is 0 Å². The first-order chi connectivity index (χ1) is 8.78. The Morgan fingerprint density at radius 1 is 1.33 bits per heavy atom. The lowest BCUT2D eigenvalue weighted by molar-refractivity contribution is 0.472. The Hall–Kier alpha value is -1.61. The molecule has 3 rings (SSSR count). The van der Waals surface area contributed by atoms with E-state index in [4.69, 9.17) is 5.73 Å². The molecule has 0 amide bonds. The minimum absolute atomic E-state index is 0.280. The van der Waals surface area contributed by atoms with Gasteiger partial charge in [0.25, 0.3) is 0 Å². The average molecular weight is 241 g/mol. The summed E-state index contributed by atoms with van der Waals surface area (Å²) in [5.74, 6) is 0. The molecule has 2 aromatic rings. The van der Waals surface area contributed by atoms with Gasteiger partial charge in [-0.25, -0.2) is 4.98 Å². The van der Waals surface area contributed by atoms with Crippen molar-refractivity contribution >= 4 is 0 Å². The van der Waals surface area contributed by atoms with Crippen molar-refractivity contribution in [2.75, 3.05) is 0 Å². The van der Waals surface area contributed by atoms with E-state index in [1.54, 1.807) is 0 Å². The van der Waals surface area contributed by atoms with E-state index >= 15 is 0 Å². The highest BCUT2D eigenvalue weighted by atomic mass is 15.1. The van der Waals surface area contributed by atoms with Crippen LogP contribution in [-0.4, -0.2) is 15.6 Å². The average Bonchev–Trinajstić information content (AvgIpc) is 2.82. The van der Waals surface area contributed by atoms with Crippen LogP contribution in [0.4, 0.5) is 0 Å². The van der Waals surface area contributed by atoms with E-state index < -0.39 is 0 Å². The molecule has 0 saturated carbocycles. The third-order valence-electron chi connectivity index (χ3n) is 3.78. The first kappa shape index (κ1) is 11.5. The molecule has 1 aromatic heterocycles. The Balaban J connectivity index is 1.98. The fraction of sp³-hybridized carbons (Fsp3) is 0.400. The number of hydrogen-bond acceptors (Lipinski definition) is 2. The quantitative estimate of drug-likeness (QED) is 0.877. The molecule has 2 N–H and O–H groups in total. The van der Waals surface area contributed by atoms with Crippen LogP contribution in [0.15, 0.2) is 30.6 Å².